The Kier molecular flexibility index (Phi) is 7.39. The Hall–Kier alpha value is -1.88. The van der Waals surface area contributed by atoms with Crippen molar-refractivity contribution in [2.75, 3.05) is 44.2 Å². The van der Waals surface area contributed by atoms with E-state index >= 15 is 0 Å². The van der Waals surface area contributed by atoms with E-state index in [4.69, 9.17) is 11.6 Å². The zero-order valence-electron chi connectivity index (χ0n) is 19.1. The van der Waals surface area contributed by atoms with Crippen molar-refractivity contribution in [1.29, 1.82) is 0 Å². The Morgan fingerprint density at radius 1 is 0.971 bits per heavy atom. The lowest BCUT2D eigenvalue weighted by Crippen LogP contribution is -2.48. The highest BCUT2D eigenvalue weighted by Crippen LogP contribution is 2.43. The Bertz CT molecular complexity index is 897. The summed E-state index contributed by atoms with van der Waals surface area (Å²) in [6.45, 7) is 4.23. The molecule has 1 spiro atoms. The van der Waals surface area contributed by atoms with Crippen LogP contribution in [0.1, 0.15) is 37.7 Å². The lowest BCUT2D eigenvalue weighted by Gasteiger charge is -2.39. The van der Waals surface area contributed by atoms with Gasteiger partial charge in [0.25, 0.3) is 6.10 Å². The summed E-state index contributed by atoms with van der Waals surface area (Å²) >= 11 is 6.51. The van der Waals surface area contributed by atoms with Crippen LogP contribution in [-0.4, -0.2) is 73.6 Å². The molecule has 0 saturated carbocycles. The number of carbonyl (C=O) groups is 1. The topological polar surface area (TPSA) is 36.0 Å². The number of ether oxygens (including phenoxy) is 1. The van der Waals surface area contributed by atoms with E-state index in [1.165, 1.54) is 0 Å². The van der Waals surface area contributed by atoms with Gasteiger partial charge in [-0.05, 0) is 62.2 Å². The molecule has 196 valence electrons. The zero-order valence-corrected chi connectivity index (χ0v) is 19.9. The molecule has 0 aliphatic carbocycles. The van der Waals surface area contributed by atoms with Gasteiger partial charge >= 0.3 is 18.4 Å². The molecule has 3 aliphatic rings. The van der Waals surface area contributed by atoms with Gasteiger partial charge in [-0.25, -0.2) is 4.79 Å². The molecule has 3 aliphatic heterocycles. The molecule has 1 aromatic carbocycles. The third-order valence-corrected chi connectivity index (χ3v) is 7.62. The lowest BCUT2D eigenvalue weighted by molar-refractivity contribution is -0.308. The van der Waals surface area contributed by atoms with Gasteiger partial charge in [0.2, 0.25) is 0 Å². The number of hydrogen-bond acceptors (Lipinski definition) is 4. The average Bonchev–Trinajstić information content (AvgIpc) is 3.43. The highest BCUT2D eigenvalue weighted by atomic mass is 35.5. The van der Waals surface area contributed by atoms with Crippen LogP contribution in [0.25, 0.3) is 0 Å². The van der Waals surface area contributed by atoms with Crippen LogP contribution in [0.15, 0.2) is 18.2 Å². The summed E-state index contributed by atoms with van der Waals surface area (Å²) in [7, 11) is 0. The maximum absolute atomic E-state index is 12.8. The van der Waals surface area contributed by atoms with Crippen LogP contribution in [0.5, 0.6) is 0 Å². The van der Waals surface area contributed by atoms with Crippen molar-refractivity contribution in [2.45, 2.75) is 57.1 Å². The molecular formula is C23H28ClF6N3O2. The van der Waals surface area contributed by atoms with Crippen LogP contribution in [0.4, 0.5) is 36.8 Å². The van der Waals surface area contributed by atoms with Crippen LogP contribution in [0, 0.1) is 5.41 Å². The fourth-order valence-electron chi connectivity index (χ4n) is 5.40. The van der Waals surface area contributed by atoms with Crippen LogP contribution in [-0.2, 0) is 11.3 Å². The highest BCUT2D eigenvalue weighted by Gasteiger charge is 2.60. The summed E-state index contributed by atoms with van der Waals surface area (Å²) in [4.78, 5) is 17.7. The molecule has 0 bridgehead atoms. The minimum absolute atomic E-state index is 0.0780. The van der Waals surface area contributed by atoms with Crippen molar-refractivity contribution >= 4 is 23.4 Å². The Morgan fingerprint density at radius 2 is 1.57 bits per heavy atom. The second-order valence-electron chi connectivity index (χ2n) is 9.74. The number of hydrogen-bond donors (Lipinski definition) is 0. The number of piperidine rings is 1. The predicted octanol–water partition coefficient (Wildman–Crippen LogP) is 5.86. The predicted molar refractivity (Wildman–Crippen MR) is 118 cm³/mol. The van der Waals surface area contributed by atoms with Gasteiger partial charge in [-0.15, -0.1) is 0 Å². The molecule has 0 N–H and O–H groups in total. The molecule has 3 saturated heterocycles. The fraction of sp³-hybridized carbons (Fsp3) is 0.696. The van der Waals surface area contributed by atoms with E-state index < -0.39 is 24.5 Å². The first-order valence-electron chi connectivity index (χ1n) is 11.7. The van der Waals surface area contributed by atoms with Crippen LogP contribution < -0.4 is 4.90 Å². The van der Waals surface area contributed by atoms with Gasteiger partial charge in [-0.2, -0.15) is 26.3 Å². The number of nitrogens with zero attached hydrogens (tertiary/aromatic N) is 3. The molecule has 1 amide bonds. The van der Waals surface area contributed by atoms with Gasteiger partial charge in [0.15, 0.2) is 0 Å². The van der Waals surface area contributed by atoms with E-state index in [0.717, 1.165) is 47.1 Å². The van der Waals surface area contributed by atoms with Gasteiger partial charge in [-0.1, -0.05) is 23.7 Å². The van der Waals surface area contributed by atoms with E-state index in [2.05, 4.69) is 20.6 Å². The third-order valence-electron chi connectivity index (χ3n) is 7.31. The molecule has 3 fully saturated rings. The van der Waals surface area contributed by atoms with Gasteiger partial charge in [0.05, 0.1) is 10.7 Å². The zero-order chi connectivity index (χ0) is 25.4. The first-order chi connectivity index (χ1) is 16.4. The number of alkyl halides is 6. The monoisotopic (exact) mass is 527 g/mol. The van der Waals surface area contributed by atoms with Crippen LogP contribution in [0.3, 0.4) is 0 Å². The Labute approximate surface area is 204 Å². The second-order valence-corrected chi connectivity index (χ2v) is 10.1. The fourth-order valence-corrected chi connectivity index (χ4v) is 5.72. The summed E-state index contributed by atoms with van der Waals surface area (Å²) < 4.78 is 80.4. The standard InChI is InChI=1S/C23H28ClF6N3O2/c24-17-5-3-4-16(18(17)32-9-1-2-10-32)14-31-11-6-21(7-12-31)8-13-33(15-21)20(34)35-19(22(25,26)27)23(28,29)30/h3-5,19H,1-2,6-15H2. The molecular weight excluding hydrogens is 500 g/mol. The van der Waals surface area contributed by atoms with Crippen molar-refractivity contribution in [3.63, 3.8) is 0 Å². The average molecular weight is 528 g/mol. The highest BCUT2D eigenvalue weighted by molar-refractivity contribution is 6.33. The van der Waals surface area contributed by atoms with E-state index in [9.17, 15) is 31.1 Å². The van der Waals surface area contributed by atoms with Crippen LogP contribution >= 0.6 is 11.6 Å². The molecule has 0 radical (unpaired) electrons. The van der Waals surface area contributed by atoms with Gasteiger partial charge in [0, 0.05) is 32.7 Å². The number of anilines is 1. The molecule has 5 nitrogen and oxygen atoms in total. The van der Waals surface area contributed by atoms with E-state index in [0.29, 0.717) is 38.9 Å². The first kappa shape index (κ1) is 26.2. The normalized spacial score (nSPS) is 21.4. The van der Waals surface area contributed by atoms with Crippen molar-refractivity contribution in [1.82, 2.24) is 9.80 Å². The number of para-hydroxylation sites is 1. The second kappa shape index (κ2) is 9.88. The maximum atomic E-state index is 12.8. The largest absolute Gasteiger partial charge is 0.434 e. The van der Waals surface area contributed by atoms with Gasteiger partial charge in [-0.3, -0.25) is 4.90 Å². The molecule has 12 heteroatoms. The number of rotatable bonds is 4. The van der Waals surface area contributed by atoms with Crippen molar-refractivity contribution in [3.8, 4) is 0 Å². The van der Waals surface area contributed by atoms with E-state index in [-0.39, 0.29) is 18.5 Å². The number of carbonyl (C=O) groups excluding carboxylic acids is 1. The summed E-state index contributed by atoms with van der Waals surface area (Å²) in [5.74, 6) is 0. The Morgan fingerprint density at radius 3 is 2.17 bits per heavy atom. The summed E-state index contributed by atoms with van der Waals surface area (Å²) in [5, 5.41) is 0.721. The number of halogens is 7. The minimum Gasteiger partial charge on any atom is -0.426 e. The molecule has 0 unspecified atom stereocenters. The van der Waals surface area contributed by atoms with Crippen molar-refractivity contribution in [2.24, 2.45) is 5.41 Å². The smallest absolute Gasteiger partial charge is 0.426 e. The van der Waals surface area contributed by atoms with Crippen molar-refractivity contribution < 1.29 is 35.9 Å². The number of benzene rings is 1. The SMILES string of the molecule is O=C(OC(C(F)(F)F)C(F)(F)F)N1CCC2(CCN(Cc3cccc(Cl)c3N3CCCC3)CC2)C1. The van der Waals surface area contributed by atoms with Crippen molar-refractivity contribution in [3.05, 3.63) is 28.8 Å². The molecule has 0 atom stereocenters. The summed E-state index contributed by atoms with van der Waals surface area (Å²) in [5.41, 5.74) is 1.87. The van der Waals surface area contributed by atoms with Gasteiger partial charge in [0.1, 0.15) is 0 Å². The van der Waals surface area contributed by atoms with Crippen LogP contribution in [0.2, 0.25) is 5.02 Å². The minimum atomic E-state index is -5.72. The molecule has 3 heterocycles. The first-order valence-corrected chi connectivity index (χ1v) is 12.1. The van der Waals surface area contributed by atoms with E-state index in [1.807, 2.05) is 12.1 Å². The maximum Gasteiger partial charge on any atom is 0.434 e. The third kappa shape index (κ3) is 5.93. The van der Waals surface area contributed by atoms with Gasteiger partial charge < -0.3 is 14.5 Å². The summed E-state index contributed by atoms with van der Waals surface area (Å²) in [6, 6.07) is 5.88. The number of amides is 1. The molecule has 0 aromatic heterocycles. The summed E-state index contributed by atoms with van der Waals surface area (Å²) in [6.07, 6.45) is -13.0. The number of likely N-dealkylation sites (tertiary alicyclic amines) is 2. The quantitative estimate of drug-likeness (QED) is 0.460. The Balaban J connectivity index is 1.34. The van der Waals surface area contributed by atoms with E-state index in [1.54, 1.807) is 0 Å². The molecule has 35 heavy (non-hydrogen) atoms. The molecule has 4 rings (SSSR count). The lowest BCUT2D eigenvalue weighted by atomic mass is 9.77. The molecule has 1 aromatic rings.